The molecule has 190 valence electrons. The van der Waals surface area contributed by atoms with E-state index in [1.807, 2.05) is 22.9 Å². The molecule has 4 rings (SSSR count). The first kappa shape index (κ1) is 25.9. The first-order valence-corrected chi connectivity index (χ1v) is 11.9. The third kappa shape index (κ3) is 6.13. The molecule has 2 aromatic carbocycles. The minimum atomic E-state index is -0.840. The summed E-state index contributed by atoms with van der Waals surface area (Å²) in [7, 11) is 0. The van der Waals surface area contributed by atoms with Crippen LogP contribution in [0.4, 0.5) is 11.5 Å². The molecule has 2 aromatic heterocycles. The highest BCUT2D eigenvalue weighted by Gasteiger charge is 2.24. The van der Waals surface area contributed by atoms with E-state index in [1.165, 1.54) is 6.33 Å². The highest BCUT2D eigenvalue weighted by atomic mass is 35.5. The first-order valence-electron chi connectivity index (χ1n) is 11.6. The molecule has 0 fully saturated rings. The van der Waals surface area contributed by atoms with E-state index in [-0.39, 0.29) is 6.61 Å². The van der Waals surface area contributed by atoms with Crippen LogP contribution in [0.2, 0.25) is 5.02 Å². The molecular formula is C26H30ClN5O4. The number of aliphatic hydroxyl groups is 2. The van der Waals surface area contributed by atoms with Gasteiger partial charge in [-0.2, -0.15) is 0 Å². The zero-order chi connectivity index (χ0) is 25.7. The van der Waals surface area contributed by atoms with Gasteiger partial charge in [0.15, 0.2) is 5.82 Å². The molecule has 2 heterocycles. The van der Waals surface area contributed by atoms with E-state index in [9.17, 15) is 5.11 Å². The molecule has 0 aliphatic heterocycles. The minimum Gasteiger partial charge on any atom is -0.456 e. The Kier molecular flexibility index (Phi) is 8.07. The zero-order valence-corrected chi connectivity index (χ0v) is 20.9. The zero-order valence-electron chi connectivity index (χ0n) is 20.2. The van der Waals surface area contributed by atoms with Crippen molar-refractivity contribution in [2.75, 3.05) is 25.1 Å². The largest absolute Gasteiger partial charge is 0.456 e. The van der Waals surface area contributed by atoms with Gasteiger partial charge in [0.2, 0.25) is 0 Å². The van der Waals surface area contributed by atoms with Gasteiger partial charge in [-0.3, -0.25) is 0 Å². The number of nitrogens with one attached hydrogen (secondary N) is 1. The third-order valence-corrected chi connectivity index (χ3v) is 5.86. The Bertz CT molecular complexity index is 1320. The van der Waals surface area contributed by atoms with Gasteiger partial charge in [0.25, 0.3) is 0 Å². The number of hydrogen-bond donors (Lipinski definition) is 4. The summed E-state index contributed by atoms with van der Waals surface area (Å²) >= 11 is 6.54. The monoisotopic (exact) mass is 511 g/mol. The van der Waals surface area contributed by atoms with Gasteiger partial charge in [-0.1, -0.05) is 23.7 Å². The van der Waals surface area contributed by atoms with Crippen LogP contribution < -0.4 is 15.8 Å². The second-order valence-electron chi connectivity index (χ2n) is 8.97. The maximum Gasteiger partial charge on any atom is 0.158 e. The summed E-state index contributed by atoms with van der Waals surface area (Å²) in [5.74, 6) is 1.64. The number of nitrogens with zero attached hydrogens (tertiary/aromatic N) is 3. The molecule has 36 heavy (non-hydrogen) atoms. The number of rotatable bonds is 11. The molecule has 0 radical (unpaired) electrons. The Balaban J connectivity index is 1.51. The van der Waals surface area contributed by atoms with Crippen molar-refractivity contribution in [3.63, 3.8) is 0 Å². The van der Waals surface area contributed by atoms with Crippen LogP contribution >= 0.6 is 11.6 Å². The lowest BCUT2D eigenvalue weighted by molar-refractivity contribution is 0.0875. The maximum absolute atomic E-state index is 10.5. The number of anilines is 2. The van der Waals surface area contributed by atoms with E-state index >= 15 is 0 Å². The van der Waals surface area contributed by atoms with Gasteiger partial charge in [-0.15, -0.1) is 0 Å². The summed E-state index contributed by atoms with van der Waals surface area (Å²) in [5, 5.41) is 23.1. The van der Waals surface area contributed by atoms with Crippen LogP contribution in [0, 0.1) is 0 Å². The van der Waals surface area contributed by atoms with Crippen LogP contribution in [0.3, 0.4) is 0 Å². The predicted molar refractivity (Wildman–Crippen MR) is 140 cm³/mol. The lowest BCUT2D eigenvalue weighted by Gasteiger charge is -2.26. The normalized spacial score (nSPS) is 12.6. The molecule has 4 aromatic rings. The average molecular weight is 512 g/mol. The van der Waals surface area contributed by atoms with Gasteiger partial charge in [-0.05, 0) is 55.8 Å². The highest BCUT2D eigenvalue weighted by Crippen LogP contribution is 2.35. The summed E-state index contributed by atoms with van der Waals surface area (Å²) in [6.45, 7) is 4.86. The van der Waals surface area contributed by atoms with E-state index in [4.69, 9.17) is 31.9 Å². The van der Waals surface area contributed by atoms with Crippen LogP contribution in [-0.2, 0) is 11.3 Å². The molecule has 0 bridgehead atoms. The minimum absolute atomic E-state index is 0.0118. The van der Waals surface area contributed by atoms with Crippen molar-refractivity contribution in [2.45, 2.75) is 32.0 Å². The smallest absolute Gasteiger partial charge is 0.158 e. The van der Waals surface area contributed by atoms with E-state index in [1.54, 1.807) is 50.2 Å². The van der Waals surface area contributed by atoms with Crippen molar-refractivity contribution >= 4 is 34.1 Å². The molecule has 0 amide bonds. The number of hydrogen-bond acceptors (Lipinski definition) is 8. The standard InChI is InChI=1S/C26H30ClN5O4/c1-26(2,28)24(34)17-4-3-5-19(14-17)36-22-7-6-18(15-20(22)27)31-25-23-21(29-16-30-25)8-9-32(23)10-12-35-13-11-33/h3-9,14-16,24,33-34H,10-13,28H2,1-2H3,(H,29,30,31). The van der Waals surface area contributed by atoms with Gasteiger partial charge in [0.1, 0.15) is 23.3 Å². The quantitative estimate of drug-likeness (QED) is 0.218. The van der Waals surface area contributed by atoms with Crippen LogP contribution in [-0.4, -0.2) is 50.1 Å². The van der Waals surface area contributed by atoms with E-state index in [2.05, 4.69) is 15.3 Å². The fraction of sp³-hybridized carbons (Fsp3) is 0.308. The Morgan fingerprint density at radius 3 is 2.72 bits per heavy atom. The lowest BCUT2D eigenvalue weighted by Crippen LogP contribution is -2.39. The van der Waals surface area contributed by atoms with Crippen LogP contribution in [0.5, 0.6) is 11.5 Å². The lowest BCUT2D eigenvalue weighted by atomic mass is 9.92. The topological polar surface area (TPSA) is 128 Å². The number of benzene rings is 2. The van der Waals surface area contributed by atoms with Crippen molar-refractivity contribution in [1.29, 1.82) is 0 Å². The van der Waals surface area contributed by atoms with E-state index < -0.39 is 11.6 Å². The average Bonchev–Trinajstić information content (AvgIpc) is 3.27. The second-order valence-corrected chi connectivity index (χ2v) is 9.38. The maximum atomic E-state index is 10.5. The van der Waals surface area contributed by atoms with Crippen molar-refractivity contribution < 1.29 is 19.7 Å². The van der Waals surface area contributed by atoms with E-state index in [0.29, 0.717) is 47.7 Å². The number of nitrogens with two attached hydrogens (primary N) is 1. The Labute approximate surface area is 214 Å². The van der Waals surface area contributed by atoms with Gasteiger partial charge >= 0.3 is 0 Å². The third-order valence-electron chi connectivity index (χ3n) is 5.56. The summed E-state index contributed by atoms with van der Waals surface area (Å²) in [5.41, 5.74) is 8.27. The number of fused-ring (bicyclic) bond motifs is 1. The molecule has 1 atom stereocenters. The Morgan fingerprint density at radius 2 is 1.97 bits per heavy atom. The van der Waals surface area contributed by atoms with Crippen LogP contribution in [0.15, 0.2) is 61.1 Å². The van der Waals surface area contributed by atoms with Gasteiger partial charge in [0.05, 0.1) is 36.5 Å². The molecule has 0 aliphatic rings. The fourth-order valence-corrected chi connectivity index (χ4v) is 3.96. The number of aromatic nitrogens is 3. The van der Waals surface area contributed by atoms with Crippen molar-refractivity contribution in [1.82, 2.24) is 14.5 Å². The van der Waals surface area contributed by atoms with Crippen molar-refractivity contribution in [3.05, 3.63) is 71.6 Å². The van der Waals surface area contributed by atoms with Crippen molar-refractivity contribution in [3.8, 4) is 11.5 Å². The molecular weight excluding hydrogens is 482 g/mol. The molecule has 9 nitrogen and oxygen atoms in total. The summed E-state index contributed by atoms with van der Waals surface area (Å²) < 4.78 is 13.4. The van der Waals surface area contributed by atoms with E-state index in [0.717, 1.165) is 16.7 Å². The fourth-order valence-electron chi connectivity index (χ4n) is 3.74. The molecule has 0 aliphatic carbocycles. The molecule has 1 unspecified atom stereocenters. The molecule has 5 N–H and O–H groups in total. The number of halogens is 1. The Hall–Kier alpha value is -3.21. The SMILES string of the molecule is CC(C)(N)C(O)c1cccc(Oc2ccc(Nc3ncnc4ccn(CCOCCO)c34)cc2Cl)c1. The van der Waals surface area contributed by atoms with Gasteiger partial charge in [0, 0.05) is 24.0 Å². The Morgan fingerprint density at radius 1 is 1.14 bits per heavy atom. The highest BCUT2D eigenvalue weighted by molar-refractivity contribution is 6.32. The van der Waals surface area contributed by atoms with Gasteiger partial charge < -0.3 is 35.3 Å². The summed E-state index contributed by atoms with van der Waals surface area (Å²) in [6.07, 6.45) is 2.58. The molecule has 0 saturated heterocycles. The van der Waals surface area contributed by atoms with Gasteiger partial charge in [-0.25, -0.2) is 9.97 Å². The predicted octanol–water partition coefficient (Wildman–Crippen LogP) is 4.40. The summed E-state index contributed by atoms with van der Waals surface area (Å²) in [4.78, 5) is 8.75. The van der Waals surface area contributed by atoms with Crippen molar-refractivity contribution in [2.24, 2.45) is 5.73 Å². The first-order chi connectivity index (χ1) is 17.3. The molecule has 0 saturated carbocycles. The second kappa shape index (κ2) is 11.2. The molecule has 0 spiro atoms. The van der Waals surface area contributed by atoms with Crippen LogP contribution in [0.25, 0.3) is 11.0 Å². The van der Waals surface area contributed by atoms with Crippen LogP contribution in [0.1, 0.15) is 25.5 Å². The number of aliphatic hydroxyl groups excluding tert-OH is 2. The molecule has 10 heteroatoms. The summed E-state index contributed by atoms with van der Waals surface area (Å²) in [6, 6.07) is 14.4. The number of ether oxygens (including phenoxy) is 2.